The summed E-state index contributed by atoms with van der Waals surface area (Å²) < 4.78 is 11.1. The maximum atomic E-state index is 11.8. The number of rotatable bonds is 6. The SMILES string of the molecule is CCC(NC(=O)CCNC)c1ccc2c(c1)OCCO2. The van der Waals surface area contributed by atoms with E-state index in [1.807, 2.05) is 25.2 Å². The van der Waals surface area contributed by atoms with E-state index in [9.17, 15) is 4.79 Å². The molecule has 2 rings (SSSR count). The molecule has 1 aliphatic heterocycles. The summed E-state index contributed by atoms with van der Waals surface area (Å²) in [4.78, 5) is 11.8. The summed E-state index contributed by atoms with van der Waals surface area (Å²) in [5.74, 6) is 1.59. The summed E-state index contributed by atoms with van der Waals surface area (Å²) in [6.07, 6.45) is 1.32. The Morgan fingerprint density at radius 1 is 1.30 bits per heavy atom. The summed E-state index contributed by atoms with van der Waals surface area (Å²) >= 11 is 0. The number of nitrogens with one attached hydrogen (secondary N) is 2. The zero-order chi connectivity index (χ0) is 14.4. The first kappa shape index (κ1) is 14.7. The van der Waals surface area contributed by atoms with E-state index in [0.29, 0.717) is 26.2 Å². The molecule has 0 saturated heterocycles. The van der Waals surface area contributed by atoms with Gasteiger partial charge in [-0.15, -0.1) is 0 Å². The van der Waals surface area contributed by atoms with E-state index in [1.165, 1.54) is 0 Å². The number of hydrogen-bond donors (Lipinski definition) is 2. The van der Waals surface area contributed by atoms with E-state index in [-0.39, 0.29) is 11.9 Å². The Bertz CT molecular complexity index is 462. The highest BCUT2D eigenvalue weighted by Gasteiger charge is 2.17. The highest BCUT2D eigenvalue weighted by atomic mass is 16.6. The molecular weight excluding hydrogens is 256 g/mol. The van der Waals surface area contributed by atoms with Gasteiger partial charge in [-0.2, -0.15) is 0 Å². The van der Waals surface area contributed by atoms with Crippen molar-refractivity contribution in [2.24, 2.45) is 0 Å². The van der Waals surface area contributed by atoms with Crippen LogP contribution in [0.25, 0.3) is 0 Å². The van der Waals surface area contributed by atoms with Crippen molar-refractivity contribution in [2.45, 2.75) is 25.8 Å². The van der Waals surface area contributed by atoms with E-state index in [1.54, 1.807) is 0 Å². The van der Waals surface area contributed by atoms with Gasteiger partial charge in [-0.3, -0.25) is 4.79 Å². The first-order chi connectivity index (χ1) is 9.74. The molecule has 1 aromatic rings. The highest BCUT2D eigenvalue weighted by molar-refractivity contribution is 5.76. The Hall–Kier alpha value is -1.75. The van der Waals surface area contributed by atoms with E-state index in [2.05, 4.69) is 17.6 Å². The fourth-order valence-electron chi connectivity index (χ4n) is 2.20. The smallest absolute Gasteiger partial charge is 0.221 e. The van der Waals surface area contributed by atoms with Crippen molar-refractivity contribution in [2.75, 3.05) is 26.8 Å². The lowest BCUT2D eigenvalue weighted by Crippen LogP contribution is -2.30. The molecule has 1 aromatic carbocycles. The molecule has 0 aliphatic carbocycles. The second kappa shape index (κ2) is 7.14. The largest absolute Gasteiger partial charge is 0.486 e. The fourth-order valence-corrected chi connectivity index (χ4v) is 2.20. The predicted molar refractivity (Wildman–Crippen MR) is 77.2 cm³/mol. The van der Waals surface area contributed by atoms with Gasteiger partial charge in [0.2, 0.25) is 5.91 Å². The average Bonchev–Trinajstić information content (AvgIpc) is 2.50. The van der Waals surface area contributed by atoms with Crippen LogP contribution in [-0.2, 0) is 4.79 Å². The second-order valence-corrected chi connectivity index (χ2v) is 4.78. The zero-order valence-corrected chi connectivity index (χ0v) is 12.1. The fraction of sp³-hybridized carbons (Fsp3) is 0.533. The molecule has 0 fully saturated rings. The van der Waals surface area contributed by atoms with Crippen molar-refractivity contribution < 1.29 is 14.3 Å². The Morgan fingerprint density at radius 3 is 2.75 bits per heavy atom. The molecule has 5 nitrogen and oxygen atoms in total. The summed E-state index contributed by atoms with van der Waals surface area (Å²) in [5.41, 5.74) is 1.05. The molecule has 2 N–H and O–H groups in total. The molecule has 1 aliphatic rings. The monoisotopic (exact) mass is 278 g/mol. The van der Waals surface area contributed by atoms with Crippen LogP contribution in [0.15, 0.2) is 18.2 Å². The van der Waals surface area contributed by atoms with Gasteiger partial charge in [0, 0.05) is 13.0 Å². The van der Waals surface area contributed by atoms with Crippen LogP contribution in [-0.4, -0.2) is 32.7 Å². The van der Waals surface area contributed by atoms with Crippen LogP contribution >= 0.6 is 0 Å². The molecule has 110 valence electrons. The number of carbonyl (C=O) groups excluding carboxylic acids is 1. The van der Waals surface area contributed by atoms with E-state index >= 15 is 0 Å². The van der Waals surface area contributed by atoms with Gasteiger partial charge in [0.1, 0.15) is 13.2 Å². The quantitative estimate of drug-likeness (QED) is 0.830. The summed E-state index contributed by atoms with van der Waals surface area (Å²) in [5, 5.41) is 6.02. The minimum absolute atomic E-state index is 0.00943. The topological polar surface area (TPSA) is 59.6 Å². The van der Waals surface area contributed by atoms with E-state index in [0.717, 1.165) is 23.5 Å². The van der Waals surface area contributed by atoms with Gasteiger partial charge in [0.15, 0.2) is 11.5 Å². The van der Waals surface area contributed by atoms with Gasteiger partial charge in [0.05, 0.1) is 6.04 Å². The van der Waals surface area contributed by atoms with Crippen molar-refractivity contribution in [3.8, 4) is 11.5 Å². The maximum absolute atomic E-state index is 11.8. The molecule has 0 saturated carbocycles. The van der Waals surface area contributed by atoms with Crippen LogP contribution in [0.3, 0.4) is 0 Å². The van der Waals surface area contributed by atoms with Crippen LogP contribution in [0.5, 0.6) is 11.5 Å². The third kappa shape index (κ3) is 3.63. The lowest BCUT2D eigenvalue weighted by atomic mass is 10.0. The number of ether oxygens (including phenoxy) is 2. The van der Waals surface area contributed by atoms with Gasteiger partial charge >= 0.3 is 0 Å². The summed E-state index contributed by atoms with van der Waals surface area (Å²) in [6, 6.07) is 5.86. The number of carbonyl (C=O) groups is 1. The van der Waals surface area contributed by atoms with Crippen molar-refractivity contribution in [3.63, 3.8) is 0 Å². The first-order valence-electron chi connectivity index (χ1n) is 7.08. The van der Waals surface area contributed by atoms with Crippen LogP contribution in [0.2, 0.25) is 0 Å². The van der Waals surface area contributed by atoms with Crippen LogP contribution in [0.4, 0.5) is 0 Å². The minimum Gasteiger partial charge on any atom is -0.486 e. The Labute approximate surface area is 119 Å². The molecule has 5 heteroatoms. The lowest BCUT2D eigenvalue weighted by Gasteiger charge is -2.22. The van der Waals surface area contributed by atoms with Gasteiger partial charge in [0.25, 0.3) is 0 Å². The molecule has 0 bridgehead atoms. The van der Waals surface area contributed by atoms with Gasteiger partial charge in [-0.25, -0.2) is 0 Å². The van der Waals surface area contributed by atoms with Crippen LogP contribution in [0.1, 0.15) is 31.4 Å². The second-order valence-electron chi connectivity index (χ2n) is 4.78. The van der Waals surface area contributed by atoms with Crippen molar-refractivity contribution in [3.05, 3.63) is 23.8 Å². The predicted octanol–water partition coefficient (Wildman–Crippen LogP) is 1.63. The normalized spacial score (nSPS) is 14.7. The number of benzene rings is 1. The molecule has 1 heterocycles. The third-order valence-electron chi connectivity index (χ3n) is 3.31. The molecule has 1 unspecified atom stereocenters. The highest BCUT2D eigenvalue weighted by Crippen LogP contribution is 2.33. The minimum atomic E-state index is 0.00943. The Kier molecular flexibility index (Phi) is 5.24. The van der Waals surface area contributed by atoms with Crippen molar-refractivity contribution in [1.29, 1.82) is 0 Å². The van der Waals surface area contributed by atoms with E-state index in [4.69, 9.17) is 9.47 Å². The lowest BCUT2D eigenvalue weighted by molar-refractivity contribution is -0.121. The van der Waals surface area contributed by atoms with Crippen molar-refractivity contribution in [1.82, 2.24) is 10.6 Å². The van der Waals surface area contributed by atoms with Gasteiger partial charge in [-0.05, 0) is 31.2 Å². The van der Waals surface area contributed by atoms with Gasteiger partial charge < -0.3 is 20.1 Å². The van der Waals surface area contributed by atoms with Crippen LogP contribution in [0, 0.1) is 0 Å². The first-order valence-corrected chi connectivity index (χ1v) is 7.08. The molecule has 1 atom stereocenters. The molecule has 0 spiro atoms. The number of hydrogen-bond acceptors (Lipinski definition) is 4. The van der Waals surface area contributed by atoms with Crippen molar-refractivity contribution >= 4 is 5.91 Å². The standard InChI is InChI=1S/C15H22N2O3/c1-3-12(17-15(18)6-7-16-2)11-4-5-13-14(10-11)20-9-8-19-13/h4-5,10,12,16H,3,6-9H2,1-2H3,(H,17,18). The average molecular weight is 278 g/mol. The maximum Gasteiger partial charge on any atom is 0.221 e. The number of amides is 1. The Balaban J connectivity index is 2.05. The van der Waals surface area contributed by atoms with Gasteiger partial charge in [-0.1, -0.05) is 13.0 Å². The molecule has 20 heavy (non-hydrogen) atoms. The third-order valence-corrected chi connectivity index (χ3v) is 3.31. The number of fused-ring (bicyclic) bond motifs is 1. The summed E-state index contributed by atoms with van der Waals surface area (Å²) in [7, 11) is 1.84. The van der Waals surface area contributed by atoms with E-state index < -0.39 is 0 Å². The Morgan fingerprint density at radius 2 is 2.05 bits per heavy atom. The van der Waals surface area contributed by atoms with Crippen LogP contribution < -0.4 is 20.1 Å². The molecule has 0 aromatic heterocycles. The summed E-state index contributed by atoms with van der Waals surface area (Å²) in [6.45, 7) is 3.90. The molecule has 1 amide bonds. The molecular formula is C15H22N2O3. The molecule has 0 radical (unpaired) electrons. The zero-order valence-electron chi connectivity index (χ0n) is 12.1.